The quantitative estimate of drug-likeness (QED) is 0.639. The third-order valence-corrected chi connectivity index (χ3v) is 4.90. The number of hydrogen-bond acceptors (Lipinski definition) is 6. The van der Waals surface area contributed by atoms with Crippen molar-refractivity contribution in [2.75, 3.05) is 5.75 Å². The smallest absolute Gasteiger partial charge is 0.380 e. The van der Waals surface area contributed by atoms with Crippen molar-refractivity contribution in [3.8, 4) is 0 Å². The van der Waals surface area contributed by atoms with E-state index in [0.29, 0.717) is 21.5 Å². The number of hydrogen-bond donors (Lipinski definition) is 2. The van der Waals surface area contributed by atoms with E-state index in [1.165, 1.54) is 28.1 Å². The van der Waals surface area contributed by atoms with Crippen LogP contribution in [-0.4, -0.2) is 36.7 Å². The van der Waals surface area contributed by atoms with E-state index < -0.39 is 0 Å². The van der Waals surface area contributed by atoms with Crippen molar-refractivity contribution in [2.24, 2.45) is 0 Å². The number of nitrogens with zero attached hydrogens (tertiary/aromatic N) is 1. The minimum atomic E-state index is -0.286. The van der Waals surface area contributed by atoms with Crippen LogP contribution < -0.4 is 5.32 Å². The second-order valence-electron chi connectivity index (χ2n) is 3.82. The molecule has 2 N–H and O–H groups in total. The lowest BCUT2D eigenvalue weighted by molar-refractivity contribution is -0.377. The highest BCUT2D eigenvalue weighted by molar-refractivity contribution is 8.24. The highest BCUT2D eigenvalue weighted by Crippen LogP contribution is 2.27. The number of carbonyl (C=O) groups excluding carboxylic acids is 1. The molecule has 0 radical (unpaired) electrons. The molecule has 0 aromatic carbocycles. The predicted octanol–water partition coefficient (Wildman–Crippen LogP) is 1.66. The Balaban J connectivity index is 2.12. The van der Waals surface area contributed by atoms with Crippen molar-refractivity contribution in [3.63, 3.8) is 0 Å². The zero-order chi connectivity index (χ0) is 13.4. The molecule has 3 heterocycles. The van der Waals surface area contributed by atoms with E-state index in [4.69, 9.17) is 16.6 Å². The van der Waals surface area contributed by atoms with Crippen molar-refractivity contribution < 1.29 is 18.9 Å². The fraction of sp³-hybridized carbons (Fsp3) is 0.182. The summed E-state index contributed by atoms with van der Waals surface area (Å²) in [5, 5.41) is 14.1. The number of rotatable bonds is 2. The molecule has 1 amide bonds. The molecule has 0 spiro atoms. The van der Waals surface area contributed by atoms with Gasteiger partial charge in [-0.1, -0.05) is 0 Å². The molecule has 0 bridgehead atoms. The maximum absolute atomic E-state index is 11.4. The first kappa shape index (κ1) is 12.8. The van der Waals surface area contributed by atoms with E-state index in [0.717, 1.165) is 0 Å². The molecule has 1 aromatic rings. The highest BCUT2D eigenvalue weighted by Gasteiger charge is 2.41. The minimum absolute atomic E-state index is 0.0414. The van der Waals surface area contributed by atoms with Crippen LogP contribution in [0.1, 0.15) is 5.76 Å². The summed E-state index contributed by atoms with van der Waals surface area (Å²) in [6.45, 7) is 0. The van der Waals surface area contributed by atoms with Crippen molar-refractivity contribution in [1.82, 2.24) is 5.32 Å². The van der Waals surface area contributed by atoms with Gasteiger partial charge in [0.05, 0.1) is 17.4 Å². The molecule has 98 valence electrons. The Hall–Kier alpha value is -1.25. The molecule has 1 unspecified atom stereocenters. The third kappa shape index (κ3) is 2.31. The zero-order valence-electron chi connectivity index (χ0n) is 9.53. The van der Waals surface area contributed by atoms with Crippen molar-refractivity contribution in [1.29, 1.82) is 0 Å². The van der Waals surface area contributed by atoms with Gasteiger partial charge in [-0.2, -0.15) is 0 Å². The molecule has 3 rings (SSSR count). The Morgan fingerprint density at radius 1 is 1.63 bits per heavy atom. The molecule has 2 aliphatic heterocycles. The summed E-state index contributed by atoms with van der Waals surface area (Å²) in [6, 6.07) is 3.53. The highest BCUT2D eigenvalue weighted by atomic mass is 32.2. The Bertz CT molecular complexity index is 607. The van der Waals surface area contributed by atoms with Gasteiger partial charge in [-0.3, -0.25) is 4.79 Å². The van der Waals surface area contributed by atoms with Gasteiger partial charge in [-0.15, -0.1) is 16.3 Å². The second-order valence-corrected chi connectivity index (χ2v) is 6.41. The average Bonchev–Trinajstić information content (AvgIpc) is 3.08. The van der Waals surface area contributed by atoms with Crippen molar-refractivity contribution >= 4 is 51.7 Å². The standard InChI is InChI=1S/C11H8N2O3S3/c14-7-4-18-10(12-7)9(6-2-1-3-16-6)13-8(15)5-19-11(13)17/h1-3,5,10H,4H2,(H-,12,14,15)/p+1. The summed E-state index contributed by atoms with van der Waals surface area (Å²) < 4.78 is 7.44. The lowest BCUT2D eigenvalue weighted by atomic mass is 10.2. The van der Waals surface area contributed by atoms with Crippen LogP contribution in [-0.2, 0) is 4.79 Å². The number of aliphatic hydroxyl groups excluding tert-OH is 1. The van der Waals surface area contributed by atoms with Gasteiger partial charge >= 0.3 is 10.2 Å². The van der Waals surface area contributed by atoms with E-state index in [-0.39, 0.29) is 17.2 Å². The summed E-state index contributed by atoms with van der Waals surface area (Å²) >= 11 is 7.93. The first-order valence-corrected chi connectivity index (χ1v) is 7.72. The molecule has 2 aliphatic rings. The zero-order valence-corrected chi connectivity index (χ0v) is 12.0. The number of thioether (sulfide) groups is 2. The van der Waals surface area contributed by atoms with Gasteiger partial charge < -0.3 is 14.8 Å². The van der Waals surface area contributed by atoms with Gasteiger partial charge in [0.2, 0.25) is 5.91 Å². The number of thiocarbonyl (C=S) groups is 1. The van der Waals surface area contributed by atoms with Gasteiger partial charge in [0.15, 0.2) is 11.1 Å². The molecule has 1 aromatic heterocycles. The number of amides is 1. The van der Waals surface area contributed by atoms with E-state index >= 15 is 0 Å². The van der Waals surface area contributed by atoms with E-state index in [1.807, 2.05) is 0 Å². The van der Waals surface area contributed by atoms with Gasteiger partial charge in [0.25, 0.3) is 5.71 Å². The van der Waals surface area contributed by atoms with Crippen molar-refractivity contribution in [3.05, 3.63) is 35.4 Å². The molecule has 19 heavy (non-hydrogen) atoms. The normalized spacial score (nSPS) is 25.5. The first-order chi connectivity index (χ1) is 9.16. The maximum atomic E-state index is 11.4. The molecular formula is C11H9N2O3S3+. The van der Waals surface area contributed by atoms with Crippen LogP contribution in [0.25, 0.3) is 0 Å². The van der Waals surface area contributed by atoms with Gasteiger partial charge in [-0.05, 0) is 23.9 Å². The van der Waals surface area contributed by atoms with Crippen LogP contribution >= 0.6 is 35.7 Å². The Morgan fingerprint density at radius 2 is 2.47 bits per heavy atom. The summed E-state index contributed by atoms with van der Waals surface area (Å²) in [5.41, 5.74) is 0.643. The topological polar surface area (TPSA) is 65.5 Å². The van der Waals surface area contributed by atoms with Crippen LogP contribution in [0.5, 0.6) is 0 Å². The molecule has 0 aliphatic carbocycles. The lowest BCUT2D eigenvalue weighted by Gasteiger charge is -2.08. The second kappa shape index (κ2) is 5.03. The lowest BCUT2D eigenvalue weighted by Crippen LogP contribution is -2.38. The first-order valence-electron chi connectivity index (χ1n) is 5.38. The molecule has 1 fully saturated rings. The largest absolute Gasteiger partial charge is 0.459 e. The van der Waals surface area contributed by atoms with Crippen LogP contribution in [0.4, 0.5) is 0 Å². The number of aliphatic hydroxyl groups is 1. The Kier molecular flexibility index (Phi) is 3.38. The SMILES string of the molecule is O=C1CSC(C(c2ccco2)=[N+]2C(=S)SC=C2O)N1. The fourth-order valence-electron chi connectivity index (χ4n) is 1.84. The molecule has 8 heteroatoms. The molecule has 0 saturated carbocycles. The van der Waals surface area contributed by atoms with Crippen LogP contribution in [0.2, 0.25) is 0 Å². The van der Waals surface area contributed by atoms with Crippen molar-refractivity contribution in [2.45, 2.75) is 5.37 Å². The monoisotopic (exact) mass is 313 g/mol. The minimum Gasteiger partial charge on any atom is -0.459 e. The molecule has 5 nitrogen and oxygen atoms in total. The Labute approximate surface area is 122 Å². The summed E-state index contributed by atoms with van der Waals surface area (Å²) in [6.07, 6.45) is 1.55. The number of carbonyl (C=O) groups is 1. The van der Waals surface area contributed by atoms with Gasteiger partial charge in [-0.25, -0.2) is 0 Å². The summed E-state index contributed by atoms with van der Waals surface area (Å²) in [4.78, 5) is 11.4. The Morgan fingerprint density at radius 3 is 3.00 bits per heavy atom. The predicted molar refractivity (Wildman–Crippen MR) is 78.4 cm³/mol. The van der Waals surface area contributed by atoms with Crippen LogP contribution in [0.3, 0.4) is 0 Å². The third-order valence-electron chi connectivity index (χ3n) is 2.61. The van der Waals surface area contributed by atoms with E-state index in [2.05, 4.69) is 5.32 Å². The van der Waals surface area contributed by atoms with E-state index in [9.17, 15) is 9.90 Å². The van der Waals surface area contributed by atoms with Gasteiger partial charge in [0.1, 0.15) is 0 Å². The number of furan rings is 1. The molecule has 1 saturated heterocycles. The summed E-state index contributed by atoms with van der Waals surface area (Å²) in [7, 11) is 0. The van der Waals surface area contributed by atoms with Gasteiger partial charge in [0, 0.05) is 12.2 Å². The van der Waals surface area contributed by atoms with Crippen LogP contribution in [0, 0.1) is 0 Å². The molecular weight excluding hydrogens is 304 g/mol. The molecule has 1 atom stereocenters. The fourth-order valence-corrected chi connectivity index (χ4v) is 3.78. The maximum Gasteiger partial charge on any atom is 0.380 e. The van der Waals surface area contributed by atoms with Crippen LogP contribution in [0.15, 0.2) is 34.1 Å². The number of nitrogens with one attached hydrogen (secondary N) is 1. The summed E-state index contributed by atoms with van der Waals surface area (Å²) in [5.74, 6) is 0.959. The van der Waals surface area contributed by atoms with E-state index in [1.54, 1.807) is 23.8 Å². The average molecular weight is 313 g/mol.